The SMILES string of the molecule is Cc1cc([C@H]2CCCN2Cc2nnnn2C2CC2)no1. The van der Waals surface area contributed by atoms with Crippen molar-refractivity contribution < 1.29 is 4.52 Å². The van der Waals surface area contributed by atoms with Crippen LogP contribution in [0.3, 0.4) is 0 Å². The molecule has 1 saturated heterocycles. The molecule has 0 unspecified atom stereocenters. The molecule has 0 amide bonds. The van der Waals surface area contributed by atoms with E-state index in [-0.39, 0.29) is 0 Å². The van der Waals surface area contributed by atoms with E-state index >= 15 is 0 Å². The summed E-state index contributed by atoms with van der Waals surface area (Å²) in [6.45, 7) is 3.79. The first kappa shape index (κ1) is 12.0. The summed E-state index contributed by atoms with van der Waals surface area (Å²) in [6.07, 6.45) is 4.70. The van der Waals surface area contributed by atoms with E-state index < -0.39 is 0 Å². The Bertz CT molecular complexity index is 602. The van der Waals surface area contributed by atoms with E-state index in [1.54, 1.807) is 0 Å². The molecule has 7 heteroatoms. The van der Waals surface area contributed by atoms with Gasteiger partial charge < -0.3 is 4.52 Å². The fourth-order valence-electron chi connectivity index (χ4n) is 2.99. The Kier molecular flexibility index (Phi) is 2.80. The van der Waals surface area contributed by atoms with Gasteiger partial charge in [-0.3, -0.25) is 4.90 Å². The molecule has 2 aliphatic rings. The van der Waals surface area contributed by atoms with Crippen molar-refractivity contribution in [1.82, 2.24) is 30.3 Å². The fraction of sp³-hybridized carbons (Fsp3) is 0.692. The third-order valence-corrected chi connectivity index (χ3v) is 4.15. The number of aryl methyl sites for hydroxylation is 1. The molecule has 20 heavy (non-hydrogen) atoms. The molecular weight excluding hydrogens is 256 g/mol. The maximum absolute atomic E-state index is 5.21. The van der Waals surface area contributed by atoms with Gasteiger partial charge in [0.15, 0.2) is 5.82 Å². The van der Waals surface area contributed by atoms with Crippen LogP contribution in [0.1, 0.15) is 55.0 Å². The van der Waals surface area contributed by atoms with Crippen molar-refractivity contribution in [2.24, 2.45) is 0 Å². The predicted molar refractivity (Wildman–Crippen MR) is 69.7 cm³/mol. The lowest BCUT2D eigenvalue weighted by atomic mass is 10.1. The van der Waals surface area contributed by atoms with Crippen LogP contribution in [0.5, 0.6) is 0 Å². The molecule has 1 atom stereocenters. The highest BCUT2D eigenvalue weighted by Gasteiger charge is 2.32. The highest BCUT2D eigenvalue weighted by molar-refractivity contribution is 5.11. The molecule has 4 rings (SSSR count). The zero-order valence-corrected chi connectivity index (χ0v) is 11.6. The first-order valence-electron chi connectivity index (χ1n) is 7.25. The Hall–Kier alpha value is -1.76. The van der Waals surface area contributed by atoms with E-state index in [4.69, 9.17) is 4.52 Å². The van der Waals surface area contributed by atoms with E-state index in [0.29, 0.717) is 12.1 Å². The topological polar surface area (TPSA) is 72.9 Å². The molecule has 0 bridgehead atoms. The van der Waals surface area contributed by atoms with Crippen molar-refractivity contribution in [2.45, 2.75) is 51.2 Å². The molecule has 0 radical (unpaired) electrons. The second kappa shape index (κ2) is 4.66. The summed E-state index contributed by atoms with van der Waals surface area (Å²) in [6, 6.07) is 2.89. The molecule has 1 aliphatic carbocycles. The number of aromatic nitrogens is 5. The molecule has 7 nitrogen and oxygen atoms in total. The van der Waals surface area contributed by atoms with Gasteiger partial charge in [0.05, 0.1) is 18.6 Å². The van der Waals surface area contributed by atoms with E-state index in [0.717, 1.165) is 36.8 Å². The molecule has 0 N–H and O–H groups in total. The van der Waals surface area contributed by atoms with Gasteiger partial charge in [0, 0.05) is 6.07 Å². The molecule has 2 fully saturated rings. The minimum absolute atomic E-state index is 0.330. The Morgan fingerprint density at radius 2 is 2.25 bits per heavy atom. The summed E-state index contributed by atoms with van der Waals surface area (Å²) in [5.41, 5.74) is 1.03. The maximum atomic E-state index is 5.21. The van der Waals surface area contributed by atoms with Crippen LogP contribution >= 0.6 is 0 Å². The monoisotopic (exact) mass is 274 g/mol. The van der Waals surface area contributed by atoms with Gasteiger partial charge >= 0.3 is 0 Å². The van der Waals surface area contributed by atoms with Crippen LogP contribution in [-0.2, 0) is 6.54 Å². The van der Waals surface area contributed by atoms with Crippen molar-refractivity contribution in [1.29, 1.82) is 0 Å². The van der Waals surface area contributed by atoms with E-state index in [1.165, 1.54) is 19.3 Å². The van der Waals surface area contributed by atoms with Crippen molar-refractivity contribution in [3.8, 4) is 0 Å². The van der Waals surface area contributed by atoms with Crippen LogP contribution in [0.4, 0.5) is 0 Å². The lowest BCUT2D eigenvalue weighted by Crippen LogP contribution is -2.25. The van der Waals surface area contributed by atoms with Crippen LogP contribution < -0.4 is 0 Å². The molecule has 2 aromatic heterocycles. The van der Waals surface area contributed by atoms with Gasteiger partial charge in [-0.2, -0.15) is 0 Å². The Morgan fingerprint density at radius 3 is 3.00 bits per heavy atom. The van der Waals surface area contributed by atoms with Gasteiger partial charge in [-0.25, -0.2) is 4.68 Å². The quantitative estimate of drug-likeness (QED) is 0.844. The summed E-state index contributed by atoms with van der Waals surface area (Å²) in [7, 11) is 0. The van der Waals surface area contributed by atoms with E-state index in [9.17, 15) is 0 Å². The fourth-order valence-corrected chi connectivity index (χ4v) is 2.99. The zero-order valence-electron chi connectivity index (χ0n) is 11.6. The standard InChI is InChI=1S/C13H18N6O/c1-9-7-11(15-20-9)12-3-2-6-18(12)8-13-14-16-17-19(13)10-4-5-10/h7,10,12H,2-6,8H2,1H3/t12-/m1/s1. The third-order valence-electron chi connectivity index (χ3n) is 4.15. The largest absolute Gasteiger partial charge is 0.361 e. The Balaban J connectivity index is 1.53. The smallest absolute Gasteiger partial charge is 0.165 e. The van der Waals surface area contributed by atoms with Gasteiger partial charge in [0.25, 0.3) is 0 Å². The average molecular weight is 274 g/mol. The minimum atomic E-state index is 0.330. The second-order valence-corrected chi connectivity index (χ2v) is 5.76. The van der Waals surface area contributed by atoms with Crippen molar-refractivity contribution in [2.75, 3.05) is 6.54 Å². The summed E-state index contributed by atoms with van der Waals surface area (Å²) in [5, 5.41) is 16.3. The molecule has 3 heterocycles. The van der Waals surface area contributed by atoms with E-state index in [2.05, 4.69) is 25.6 Å². The first-order valence-corrected chi connectivity index (χ1v) is 7.25. The lowest BCUT2D eigenvalue weighted by Gasteiger charge is -2.21. The van der Waals surface area contributed by atoms with Crippen LogP contribution in [0.25, 0.3) is 0 Å². The molecule has 106 valence electrons. The molecule has 0 spiro atoms. The van der Waals surface area contributed by atoms with Crippen LogP contribution in [-0.4, -0.2) is 36.8 Å². The minimum Gasteiger partial charge on any atom is -0.361 e. The Morgan fingerprint density at radius 1 is 1.35 bits per heavy atom. The number of rotatable bonds is 4. The number of nitrogens with zero attached hydrogens (tertiary/aromatic N) is 6. The predicted octanol–water partition coefficient (Wildman–Crippen LogP) is 1.64. The summed E-state index contributed by atoms with van der Waals surface area (Å²) < 4.78 is 7.20. The number of likely N-dealkylation sites (tertiary alicyclic amines) is 1. The maximum Gasteiger partial charge on any atom is 0.165 e. The summed E-state index contributed by atoms with van der Waals surface area (Å²) in [4.78, 5) is 2.40. The van der Waals surface area contributed by atoms with Crippen molar-refractivity contribution in [3.05, 3.63) is 23.3 Å². The van der Waals surface area contributed by atoms with Crippen LogP contribution in [0.15, 0.2) is 10.6 Å². The third kappa shape index (κ3) is 2.11. The number of hydrogen-bond donors (Lipinski definition) is 0. The lowest BCUT2D eigenvalue weighted by molar-refractivity contribution is 0.226. The highest BCUT2D eigenvalue weighted by Crippen LogP contribution is 2.36. The molecule has 2 aromatic rings. The van der Waals surface area contributed by atoms with Gasteiger partial charge in [-0.15, -0.1) is 5.10 Å². The van der Waals surface area contributed by atoms with E-state index in [1.807, 2.05) is 17.7 Å². The van der Waals surface area contributed by atoms with Gasteiger partial charge in [0.2, 0.25) is 0 Å². The van der Waals surface area contributed by atoms with Crippen LogP contribution in [0.2, 0.25) is 0 Å². The first-order chi connectivity index (χ1) is 9.81. The van der Waals surface area contributed by atoms with Gasteiger partial charge in [-0.1, -0.05) is 5.16 Å². The zero-order chi connectivity index (χ0) is 13.5. The number of tetrazole rings is 1. The molecule has 0 aromatic carbocycles. The Labute approximate surface area is 116 Å². The van der Waals surface area contributed by atoms with Crippen LogP contribution in [0, 0.1) is 6.92 Å². The van der Waals surface area contributed by atoms with Crippen molar-refractivity contribution in [3.63, 3.8) is 0 Å². The molecular formula is C13H18N6O. The number of hydrogen-bond acceptors (Lipinski definition) is 6. The van der Waals surface area contributed by atoms with Gasteiger partial charge in [0.1, 0.15) is 11.5 Å². The summed E-state index contributed by atoms with van der Waals surface area (Å²) in [5.74, 6) is 1.84. The molecule has 1 aliphatic heterocycles. The second-order valence-electron chi connectivity index (χ2n) is 5.76. The van der Waals surface area contributed by atoms with Crippen molar-refractivity contribution >= 4 is 0 Å². The van der Waals surface area contributed by atoms with Gasteiger partial charge in [-0.05, 0) is 49.6 Å². The molecule has 1 saturated carbocycles. The highest BCUT2D eigenvalue weighted by atomic mass is 16.5. The normalized spacial score (nSPS) is 23.6. The average Bonchev–Trinajstić information content (AvgIpc) is 2.86. The summed E-state index contributed by atoms with van der Waals surface area (Å²) >= 11 is 0.